The molecule has 0 atom stereocenters. The summed E-state index contributed by atoms with van der Waals surface area (Å²) in [6.07, 6.45) is 0.290. The van der Waals surface area contributed by atoms with Gasteiger partial charge in [-0.2, -0.15) is 0 Å². The first kappa shape index (κ1) is 19.7. The van der Waals surface area contributed by atoms with E-state index in [0.717, 1.165) is 31.3 Å². The van der Waals surface area contributed by atoms with Crippen LogP contribution in [-0.2, 0) is 9.59 Å². The van der Waals surface area contributed by atoms with Gasteiger partial charge in [0.25, 0.3) is 0 Å². The Balaban J connectivity index is 1.84. The number of hydrogen-bond donors (Lipinski definition) is 2. The molecule has 0 bridgehead atoms. The molecule has 1 aromatic heterocycles. The molecule has 1 fully saturated rings. The summed E-state index contributed by atoms with van der Waals surface area (Å²) in [5.41, 5.74) is 0.861. The highest BCUT2D eigenvalue weighted by Crippen LogP contribution is 2.05. The normalized spacial score (nSPS) is 15.0. The highest BCUT2D eigenvalue weighted by Gasteiger charge is 2.20. The summed E-state index contributed by atoms with van der Waals surface area (Å²) in [4.78, 5) is 36.3. The third kappa shape index (κ3) is 6.02. The van der Waals surface area contributed by atoms with Crippen molar-refractivity contribution in [2.75, 3.05) is 44.6 Å². The highest BCUT2D eigenvalue weighted by molar-refractivity contribution is 5.90. The maximum atomic E-state index is 12.1. The summed E-state index contributed by atoms with van der Waals surface area (Å²) in [7, 11) is 0. The topological polar surface area (TPSA) is 89.9 Å². The van der Waals surface area contributed by atoms with Gasteiger partial charge >= 0.3 is 0 Å². The fraction of sp³-hybridized carbons (Fsp3) is 0.556. The van der Waals surface area contributed by atoms with E-state index in [0.29, 0.717) is 25.5 Å². The standard InChI is InChI=1S/C18H28N6O2/c1-4-19-18(24-12-10-23(11-13-24)15(3)25)20-9-8-17(26)22-16-7-5-6-14(2)21-16/h5-7H,4,8-13H2,1-3H3,(H,19,20)(H,21,22,26). The minimum absolute atomic E-state index is 0.105. The molecule has 142 valence electrons. The molecular weight excluding hydrogens is 332 g/mol. The van der Waals surface area contributed by atoms with E-state index in [1.807, 2.05) is 30.9 Å². The van der Waals surface area contributed by atoms with Crippen LogP contribution in [0.5, 0.6) is 0 Å². The van der Waals surface area contributed by atoms with Crippen molar-refractivity contribution >= 4 is 23.6 Å². The van der Waals surface area contributed by atoms with E-state index < -0.39 is 0 Å². The number of guanidine groups is 1. The first-order valence-corrected chi connectivity index (χ1v) is 9.02. The number of pyridine rings is 1. The van der Waals surface area contributed by atoms with E-state index in [4.69, 9.17) is 0 Å². The molecule has 0 saturated carbocycles. The molecule has 1 aliphatic rings. The zero-order valence-electron chi connectivity index (χ0n) is 15.8. The fourth-order valence-electron chi connectivity index (χ4n) is 2.74. The molecule has 1 aliphatic heterocycles. The lowest BCUT2D eigenvalue weighted by Gasteiger charge is -2.36. The number of aliphatic imine (C=N–C) groups is 1. The van der Waals surface area contributed by atoms with Crippen molar-refractivity contribution in [1.29, 1.82) is 0 Å². The molecule has 0 aliphatic carbocycles. The summed E-state index contributed by atoms with van der Waals surface area (Å²) in [5, 5.41) is 6.04. The Bertz CT molecular complexity index is 653. The Morgan fingerprint density at radius 3 is 2.50 bits per heavy atom. The Hall–Kier alpha value is -2.64. The predicted octanol–water partition coefficient (Wildman–Crippen LogP) is 0.848. The molecule has 1 aromatic rings. The van der Waals surface area contributed by atoms with Gasteiger partial charge in [-0.15, -0.1) is 0 Å². The number of amides is 2. The number of carbonyl (C=O) groups excluding carboxylic acids is 2. The molecular formula is C18H28N6O2. The van der Waals surface area contributed by atoms with Crippen LogP contribution in [-0.4, -0.2) is 71.8 Å². The van der Waals surface area contributed by atoms with E-state index in [1.165, 1.54) is 0 Å². The lowest BCUT2D eigenvalue weighted by molar-refractivity contribution is -0.130. The predicted molar refractivity (Wildman–Crippen MR) is 102 cm³/mol. The Kier molecular flexibility index (Phi) is 7.37. The van der Waals surface area contributed by atoms with Crippen molar-refractivity contribution < 1.29 is 9.59 Å². The van der Waals surface area contributed by atoms with Gasteiger partial charge in [-0.25, -0.2) is 4.98 Å². The van der Waals surface area contributed by atoms with E-state index in [2.05, 4.69) is 25.5 Å². The summed E-state index contributed by atoms with van der Waals surface area (Å²) >= 11 is 0. The number of carbonyl (C=O) groups is 2. The minimum Gasteiger partial charge on any atom is -0.357 e. The zero-order valence-corrected chi connectivity index (χ0v) is 15.8. The van der Waals surface area contributed by atoms with Gasteiger partial charge in [0.2, 0.25) is 11.8 Å². The average molecular weight is 360 g/mol. The molecule has 8 nitrogen and oxygen atoms in total. The third-order valence-corrected chi connectivity index (χ3v) is 4.12. The van der Waals surface area contributed by atoms with E-state index in [-0.39, 0.29) is 18.2 Å². The van der Waals surface area contributed by atoms with Crippen LogP contribution in [0.15, 0.2) is 23.2 Å². The molecule has 0 spiro atoms. The fourth-order valence-corrected chi connectivity index (χ4v) is 2.74. The molecule has 8 heteroatoms. The molecule has 2 amide bonds. The first-order valence-electron chi connectivity index (χ1n) is 9.02. The number of anilines is 1. The zero-order chi connectivity index (χ0) is 18.9. The smallest absolute Gasteiger partial charge is 0.227 e. The van der Waals surface area contributed by atoms with Gasteiger partial charge in [0.1, 0.15) is 5.82 Å². The van der Waals surface area contributed by atoms with Gasteiger partial charge in [0.15, 0.2) is 5.96 Å². The van der Waals surface area contributed by atoms with Crippen molar-refractivity contribution in [3.05, 3.63) is 23.9 Å². The highest BCUT2D eigenvalue weighted by atomic mass is 16.2. The Morgan fingerprint density at radius 1 is 1.19 bits per heavy atom. The molecule has 2 rings (SSSR count). The van der Waals surface area contributed by atoms with E-state index in [1.54, 1.807) is 13.0 Å². The second kappa shape index (κ2) is 9.74. The second-order valence-electron chi connectivity index (χ2n) is 6.19. The maximum Gasteiger partial charge on any atom is 0.227 e. The molecule has 0 radical (unpaired) electrons. The van der Waals surface area contributed by atoms with Crippen molar-refractivity contribution in [1.82, 2.24) is 20.1 Å². The minimum atomic E-state index is -0.107. The largest absolute Gasteiger partial charge is 0.357 e. The SMILES string of the molecule is CCNC(=NCCC(=O)Nc1cccc(C)n1)N1CCN(C(C)=O)CC1. The number of hydrogen-bond acceptors (Lipinski definition) is 4. The maximum absolute atomic E-state index is 12.1. The number of nitrogens with zero attached hydrogens (tertiary/aromatic N) is 4. The third-order valence-electron chi connectivity index (χ3n) is 4.12. The number of rotatable bonds is 5. The van der Waals surface area contributed by atoms with Crippen LogP contribution < -0.4 is 10.6 Å². The first-order chi connectivity index (χ1) is 12.5. The van der Waals surface area contributed by atoms with Crippen LogP contribution in [0.4, 0.5) is 5.82 Å². The van der Waals surface area contributed by atoms with Crippen molar-refractivity contribution in [3.63, 3.8) is 0 Å². The van der Waals surface area contributed by atoms with Gasteiger partial charge in [0.05, 0.1) is 6.54 Å². The van der Waals surface area contributed by atoms with Crippen LogP contribution in [0.2, 0.25) is 0 Å². The van der Waals surface area contributed by atoms with Gasteiger partial charge in [0, 0.05) is 51.8 Å². The average Bonchev–Trinajstić information content (AvgIpc) is 2.61. The van der Waals surface area contributed by atoms with Gasteiger partial charge < -0.3 is 20.4 Å². The summed E-state index contributed by atoms with van der Waals surface area (Å²) in [5.74, 6) is 1.35. The van der Waals surface area contributed by atoms with Gasteiger partial charge in [-0.1, -0.05) is 6.07 Å². The second-order valence-corrected chi connectivity index (χ2v) is 6.19. The molecule has 0 unspecified atom stereocenters. The van der Waals surface area contributed by atoms with Crippen LogP contribution in [0.1, 0.15) is 26.0 Å². The lowest BCUT2D eigenvalue weighted by atomic mass is 10.3. The van der Waals surface area contributed by atoms with Crippen LogP contribution in [0.25, 0.3) is 0 Å². The van der Waals surface area contributed by atoms with Crippen molar-refractivity contribution in [3.8, 4) is 0 Å². The molecule has 1 saturated heterocycles. The molecule has 0 aromatic carbocycles. The van der Waals surface area contributed by atoms with Crippen molar-refractivity contribution in [2.45, 2.75) is 27.2 Å². The lowest BCUT2D eigenvalue weighted by Crippen LogP contribution is -2.53. The Morgan fingerprint density at radius 2 is 1.88 bits per heavy atom. The Labute approximate surface area is 154 Å². The van der Waals surface area contributed by atoms with E-state index in [9.17, 15) is 9.59 Å². The van der Waals surface area contributed by atoms with Gasteiger partial charge in [-0.3, -0.25) is 14.6 Å². The van der Waals surface area contributed by atoms with E-state index >= 15 is 0 Å². The molecule has 2 N–H and O–H groups in total. The molecule has 2 heterocycles. The van der Waals surface area contributed by atoms with Crippen LogP contribution in [0.3, 0.4) is 0 Å². The van der Waals surface area contributed by atoms with Crippen LogP contribution in [0, 0.1) is 6.92 Å². The number of piperazine rings is 1. The summed E-state index contributed by atoms with van der Waals surface area (Å²) in [6, 6.07) is 5.52. The number of aryl methyl sites for hydroxylation is 1. The van der Waals surface area contributed by atoms with Gasteiger partial charge in [-0.05, 0) is 26.0 Å². The monoisotopic (exact) mass is 360 g/mol. The summed E-state index contributed by atoms with van der Waals surface area (Å²) in [6.45, 7) is 9.51. The number of nitrogens with one attached hydrogen (secondary N) is 2. The van der Waals surface area contributed by atoms with Crippen LogP contribution >= 0.6 is 0 Å². The molecule has 26 heavy (non-hydrogen) atoms. The van der Waals surface area contributed by atoms with Crippen molar-refractivity contribution in [2.24, 2.45) is 4.99 Å². The summed E-state index contributed by atoms with van der Waals surface area (Å²) < 4.78 is 0. The number of aromatic nitrogens is 1. The quantitative estimate of drug-likeness (QED) is 0.600.